The molecule has 0 fully saturated rings. The van der Waals surface area contributed by atoms with Gasteiger partial charge in [0.05, 0.1) is 23.4 Å². The summed E-state index contributed by atoms with van der Waals surface area (Å²) in [5, 5.41) is 2.41. The van der Waals surface area contributed by atoms with E-state index in [4.69, 9.17) is 16.3 Å². The molecule has 2 heterocycles. The van der Waals surface area contributed by atoms with E-state index in [1.54, 1.807) is 48.7 Å². The first kappa shape index (κ1) is 22.4. The van der Waals surface area contributed by atoms with Crippen LogP contribution < -0.4 is 10.1 Å². The van der Waals surface area contributed by atoms with E-state index in [1.807, 2.05) is 0 Å². The third-order valence-electron chi connectivity index (χ3n) is 5.04. The standard InChI is InChI=1S/C24H16ClF3N2O3/c1-33-20-10-9-14(12-18(20)25)16-13-15-6-4-5-11-30(15)21(16)22(31)23(32)29-19-8-3-2-7-17(19)24(26,27)28/h2-13H,1H3,(H,29,32). The van der Waals surface area contributed by atoms with Crippen LogP contribution in [0.1, 0.15) is 16.1 Å². The summed E-state index contributed by atoms with van der Waals surface area (Å²) >= 11 is 6.24. The van der Waals surface area contributed by atoms with E-state index in [9.17, 15) is 22.8 Å². The van der Waals surface area contributed by atoms with Crippen LogP contribution in [0.3, 0.4) is 0 Å². The molecule has 4 aromatic rings. The highest BCUT2D eigenvalue weighted by atomic mass is 35.5. The highest BCUT2D eigenvalue weighted by Crippen LogP contribution is 2.36. The Bertz CT molecular complexity index is 1380. The van der Waals surface area contributed by atoms with Crippen LogP contribution in [-0.2, 0) is 11.0 Å². The molecule has 0 bridgehead atoms. The van der Waals surface area contributed by atoms with Gasteiger partial charge < -0.3 is 14.5 Å². The maximum atomic E-state index is 13.3. The van der Waals surface area contributed by atoms with E-state index in [-0.39, 0.29) is 5.69 Å². The minimum Gasteiger partial charge on any atom is -0.495 e. The minimum absolute atomic E-state index is 0.00572. The second kappa shape index (κ2) is 8.63. The Morgan fingerprint density at radius 2 is 1.73 bits per heavy atom. The maximum Gasteiger partial charge on any atom is 0.418 e. The van der Waals surface area contributed by atoms with Gasteiger partial charge in [-0.05, 0) is 48.0 Å². The monoisotopic (exact) mass is 472 g/mol. The molecule has 9 heteroatoms. The van der Waals surface area contributed by atoms with Gasteiger partial charge in [0, 0.05) is 17.3 Å². The lowest BCUT2D eigenvalue weighted by Gasteiger charge is -2.13. The number of Topliss-reactive ketones (excluding diaryl/α,β-unsaturated/α-hetero) is 1. The summed E-state index contributed by atoms with van der Waals surface area (Å²) in [5.74, 6) is -1.77. The van der Waals surface area contributed by atoms with Crippen LogP contribution in [0.15, 0.2) is 72.9 Å². The van der Waals surface area contributed by atoms with Crippen molar-refractivity contribution in [3.63, 3.8) is 0 Å². The van der Waals surface area contributed by atoms with Crippen LogP contribution in [0, 0.1) is 0 Å². The van der Waals surface area contributed by atoms with E-state index in [0.29, 0.717) is 27.4 Å². The lowest BCUT2D eigenvalue weighted by atomic mass is 10.0. The van der Waals surface area contributed by atoms with Crippen LogP contribution in [-0.4, -0.2) is 23.2 Å². The van der Waals surface area contributed by atoms with Gasteiger partial charge in [-0.1, -0.05) is 35.9 Å². The maximum absolute atomic E-state index is 13.3. The molecule has 5 nitrogen and oxygen atoms in total. The number of nitrogens with zero attached hydrogens (tertiary/aromatic N) is 1. The number of ether oxygens (including phenoxy) is 1. The van der Waals surface area contributed by atoms with Crippen LogP contribution in [0.2, 0.25) is 5.02 Å². The Hall–Kier alpha value is -3.78. The Kier molecular flexibility index (Phi) is 5.86. The second-order valence-corrected chi connectivity index (χ2v) is 7.49. The Balaban J connectivity index is 1.78. The molecule has 0 radical (unpaired) electrons. The molecular formula is C24H16ClF3N2O3. The number of nitrogens with one attached hydrogen (secondary N) is 1. The average molecular weight is 473 g/mol. The number of para-hydroxylation sites is 1. The number of amides is 1. The first-order valence-electron chi connectivity index (χ1n) is 9.66. The Morgan fingerprint density at radius 1 is 1.00 bits per heavy atom. The molecule has 0 spiro atoms. The zero-order valence-electron chi connectivity index (χ0n) is 17.1. The topological polar surface area (TPSA) is 59.8 Å². The summed E-state index contributed by atoms with van der Waals surface area (Å²) in [6.07, 6.45) is -3.10. The van der Waals surface area contributed by atoms with Crippen molar-refractivity contribution in [2.24, 2.45) is 0 Å². The largest absolute Gasteiger partial charge is 0.495 e. The second-order valence-electron chi connectivity index (χ2n) is 7.08. The number of carbonyl (C=O) groups excluding carboxylic acids is 2. The number of anilines is 1. The van der Waals surface area contributed by atoms with Gasteiger partial charge in [0.1, 0.15) is 11.4 Å². The zero-order valence-corrected chi connectivity index (χ0v) is 17.9. The van der Waals surface area contributed by atoms with Gasteiger partial charge in [-0.25, -0.2) is 0 Å². The summed E-state index contributed by atoms with van der Waals surface area (Å²) in [7, 11) is 1.46. The van der Waals surface area contributed by atoms with E-state index < -0.39 is 29.1 Å². The smallest absolute Gasteiger partial charge is 0.418 e. The van der Waals surface area contributed by atoms with E-state index in [0.717, 1.165) is 12.1 Å². The van der Waals surface area contributed by atoms with Crippen molar-refractivity contribution < 1.29 is 27.5 Å². The van der Waals surface area contributed by atoms with E-state index in [1.165, 1.54) is 23.6 Å². The number of ketones is 1. The number of fused-ring (bicyclic) bond motifs is 1. The molecule has 0 atom stereocenters. The molecular weight excluding hydrogens is 457 g/mol. The molecule has 0 saturated heterocycles. The van der Waals surface area contributed by atoms with E-state index >= 15 is 0 Å². The van der Waals surface area contributed by atoms with Crippen LogP contribution >= 0.6 is 11.6 Å². The van der Waals surface area contributed by atoms with Crippen molar-refractivity contribution in [1.29, 1.82) is 0 Å². The molecule has 2 aromatic carbocycles. The third kappa shape index (κ3) is 4.29. The van der Waals surface area contributed by atoms with Gasteiger partial charge in [-0.3, -0.25) is 9.59 Å². The summed E-state index contributed by atoms with van der Waals surface area (Å²) in [5.41, 5.74) is -0.00182. The highest BCUT2D eigenvalue weighted by molar-refractivity contribution is 6.47. The SMILES string of the molecule is COc1ccc(-c2cc3ccccn3c2C(=O)C(=O)Nc2ccccc2C(F)(F)F)cc1Cl. The van der Waals surface area contributed by atoms with Crippen molar-refractivity contribution in [2.75, 3.05) is 12.4 Å². The van der Waals surface area contributed by atoms with Crippen LogP contribution in [0.4, 0.5) is 18.9 Å². The predicted molar refractivity (Wildman–Crippen MR) is 119 cm³/mol. The summed E-state index contributed by atoms with van der Waals surface area (Å²) in [4.78, 5) is 26.0. The predicted octanol–water partition coefficient (Wildman–Crippen LogP) is 6.11. The van der Waals surface area contributed by atoms with Crippen LogP contribution in [0.5, 0.6) is 5.75 Å². The quantitative estimate of drug-likeness (QED) is 0.282. The number of benzene rings is 2. The minimum atomic E-state index is -4.69. The Morgan fingerprint density at radius 3 is 2.42 bits per heavy atom. The lowest BCUT2D eigenvalue weighted by Crippen LogP contribution is -2.26. The van der Waals surface area contributed by atoms with Gasteiger partial charge >= 0.3 is 6.18 Å². The number of halogens is 4. The van der Waals surface area contributed by atoms with Gasteiger partial charge in [0.25, 0.3) is 11.7 Å². The average Bonchev–Trinajstić information content (AvgIpc) is 3.17. The molecule has 2 aromatic heterocycles. The number of hydrogen-bond acceptors (Lipinski definition) is 3. The van der Waals surface area contributed by atoms with Crippen LogP contribution in [0.25, 0.3) is 16.6 Å². The molecule has 33 heavy (non-hydrogen) atoms. The van der Waals surface area contributed by atoms with Crippen molar-refractivity contribution >= 4 is 34.5 Å². The molecule has 0 aliphatic rings. The fraction of sp³-hybridized carbons (Fsp3) is 0.0833. The number of carbonyl (C=O) groups is 2. The molecule has 0 aliphatic heterocycles. The number of pyridine rings is 1. The van der Waals surface area contributed by atoms with Gasteiger partial charge in [0.15, 0.2) is 0 Å². The molecule has 0 saturated carbocycles. The Labute approximate surface area is 191 Å². The number of rotatable bonds is 5. The lowest BCUT2D eigenvalue weighted by molar-refractivity contribution is -0.137. The zero-order chi connectivity index (χ0) is 23.8. The molecule has 1 N–H and O–H groups in total. The summed E-state index contributed by atoms with van der Waals surface area (Å²) < 4.78 is 46.6. The first-order chi connectivity index (χ1) is 15.7. The first-order valence-corrected chi connectivity index (χ1v) is 10.0. The van der Waals surface area contributed by atoms with Crippen molar-refractivity contribution in [2.45, 2.75) is 6.18 Å². The highest BCUT2D eigenvalue weighted by Gasteiger charge is 2.34. The fourth-order valence-corrected chi connectivity index (χ4v) is 3.79. The number of aromatic nitrogens is 1. The molecule has 4 rings (SSSR count). The molecule has 1 amide bonds. The van der Waals surface area contributed by atoms with Crippen molar-refractivity contribution in [3.8, 4) is 16.9 Å². The molecule has 0 aliphatic carbocycles. The summed E-state index contributed by atoms with van der Waals surface area (Å²) in [6.45, 7) is 0. The van der Waals surface area contributed by atoms with Gasteiger partial charge in [-0.2, -0.15) is 13.2 Å². The molecule has 0 unspecified atom stereocenters. The number of hydrogen-bond donors (Lipinski definition) is 1. The van der Waals surface area contributed by atoms with Crippen molar-refractivity contribution in [1.82, 2.24) is 4.40 Å². The number of alkyl halides is 3. The van der Waals surface area contributed by atoms with E-state index in [2.05, 4.69) is 5.32 Å². The van der Waals surface area contributed by atoms with Gasteiger partial charge in [-0.15, -0.1) is 0 Å². The fourth-order valence-electron chi connectivity index (χ4n) is 3.54. The van der Waals surface area contributed by atoms with Crippen molar-refractivity contribution in [3.05, 3.63) is 89.2 Å². The summed E-state index contributed by atoms with van der Waals surface area (Å²) in [6, 6.07) is 16.2. The third-order valence-corrected chi connectivity index (χ3v) is 5.34. The molecule has 168 valence electrons. The normalized spacial score (nSPS) is 11.4. The van der Waals surface area contributed by atoms with Gasteiger partial charge in [0.2, 0.25) is 0 Å². The number of methoxy groups -OCH3 is 1.